The lowest BCUT2D eigenvalue weighted by molar-refractivity contribution is -0.287. The first-order chi connectivity index (χ1) is 14.1. The van der Waals surface area contributed by atoms with Crippen LogP contribution in [0.3, 0.4) is 0 Å². The summed E-state index contributed by atoms with van der Waals surface area (Å²) in [5.74, 6) is -5.21. The van der Waals surface area contributed by atoms with E-state index in [-0.39, 0.29) is 10.2 Å². The second-order valence-electron chi connectivity index (χ2n) is 6.57. The van der Waals surface area contributed by atoms with Crippen molar-refractivity contribution in [1.29, 1.82) is 0 Å². The molecule has 0 fully saturated rings. The molecule has 0 N–H and O–H groups in total. The molecule has 0 bridgehead atoms. The molecule has 0 aliphatic heterocycles. The van der Waals surface area contributed by atoms with E-state index in [4.69, 9.17) is 0 Å². The van der Waals surface area contributed by atoms with Crippen LogP contribution in [0.25, 0.3) is 16.8 Å². The van der Waals surface area contributed by atoms with Crippen molar-refractivity contribution in [2.75, 3.05) is 0 Å². The Kier molecular flexibility index (Phi) is 5.30. The number of fused-ring (bicyclic) bond motifs is 1. The molecule has 0 amide bonds. The molecule has 0 saturated carbocycles. The predicted molar refractivity (Wildman–Crippen MR) is 88.2 cm³/mol. The molecular weight excluding hydrogens is 447 g/mol. The number of alkyl halides is 9. The van der Waals surface area contributed by atoms with Crippen LogP contribution in [0.1, 0.15) is 24.4 Å². The highest BCUT2D eigenvalue weighted by molar-refractivity contribution is 5.66. The van der Waals surface area contributed by atoms with Gasteiger partial charge in [0.05, 0.1) is 11.8 Å². The smallest absolute Gasteiger partial charge is 0.268 e. The van der Waals surface area contributed by atoms with Crippen LogP contribution in [0.15, 0.2) is 35.5 Å². The summed E-state index contributed by atoms with van der Waals surface area (Å²) in [5, 5.41) is 3.22. The molecule has 14 heteroatoms. The second kappa shape index (κ2) is 7.27. The van der Waals surface area contributed by atoms with Crippen LogP contribution < -0.4 is 5.56 Å². The van der Waals surface area contributed by atoms with Gasteiger partial charge >= 0.3 is 18.3 Å². The van der Waals surface area contributed by atoms with Crippen LogP contribution in [0.5, 0.6) is 0 Å². The van der Waals surface area contributed by atoms with Gasteiger partial charge in [0.1, 0.15) is 18.4 Å². The lowest BCUT2D eigenvalue weighted by atomic mass is 10.1. The Labute approximate surface area is 166 Å². The van der Waals surface area contributed by atoms with Crippen molar-refractivity contribution >= 4 is 5.65 Å². The average molecular weight is 458 g/mol. The highest BCUT2D eigenvalue weighted by Crippen LogP contribution is 2.38. The van der Waals surface area contributed by atoms with Crippen LogP contribution >= 0.6 is 0 Å². The van der Waals surface area contributed by atoms with Gasteiger partial charge in [-0.2, -0.15) is 40.2 Å². The van der Waals surface area contributed by atoms with Crippen molar-refractivity contribution in [2.24, 2.45) is 0 Å². The zero-order chi connectivity index (χ0) is 23.4. The van der Waals surface area contributed by atoms with Crippen LogP contribution in [-0.2, 0) is 12.7 Å². The first-order valence-electron chi connectivity index (χ1n) is 8.37. The van der Waals surface area contributed by atoms with Crippen LogP contribution in [0.4, 0.5) is 39.5 Å². The molecule has 0 aromatic carbocycles. The third-order valence-electron chi connectivity index (χ3n) is 4.28. The van der Waals surface area contributed by atoms with Gasteiger partial charge in [0.15, 0.2) is 5.69 Å². The van der Waals surface area contributed by atoms with E-state index < -0.39 is 59.0 Å². The molecule has 1 unspecified atom stereocenters. The zero-order valence-electron chi connectivity index (χ0n) is 15.3. The molecule has 3 heterocycles. The van der Waals surface area contributed by atoms with E-state index in [9.17, 15) is 44.3 Å². The lowest BCUT2D eigenvalue weighted by Gasteiger charge is -2.19. The third-order valence-corrected chi connectivity index (χ3v) is 4.28. The maximum Gasteiger partial charge on any atom is 0.455 e. The topological polar surface area (TPSA) is 52.2 Å². The predicted octanol–water partition coefficient (Wildman–Crippen LogP) is 4.80. The molecular formula is C17H11F9N4O. The van der Waals surface area contributed by atoms with E-state index in [0.717, 1.165) is 25.3 Å². The summed E-state index contributed by atoms with van der Waals surface area (Å²) in [7, 11) is 0. The fourth-order valence-corrected chi connectivity index (χ4v) is 2.74. The molecule has 3 aromatic rings. The Hall–Kier alpha value is -3.06. The van der Waals surface area contributed by atoms with Gasteiger partial charge in [-0.3, -0.25) is 13.9 Å². The number of halogens is 9. The van der Waals surface area contributed by atoms with Gasteiger partial charge in [-0.05, 0) is 24.6 Å². The highest BCUT2D eigenvalue weighted by Gasteiger charge is 2.57. The minimum atomic E-state index is -5.91. The summed E-state index contributed by atoms with van der Waals surface area (Å²) in [6.45, 7) is -0.883. The van der Waals surface area contributed by atoms with Gasteiger partial charge in [0, 0.05) is 18.0 Å². The normalized spacial score (nSPS) is 14.3. The van der Waals surface area contributed by atoms with Crippen molar-refractivity contribution in [3.63, 3.8) is 0 Å². The monoisotopic (exact) mass is 458 g/mol. The fraction of sp³-hybridized carbons (Fsp3) is 0.353. The lowest BCUT2D eigenvalue weighted by Crippen LogP contribution is -2.40. The van der Waals surface area contributed by atoms with Gasteiger partial charge in [0.25, 0.3) is 5.56 Å². The molecule has 31 heavy (non-hydrogen) atoms. The van der Waals surface area contributed by atoms with Gasteiger partial charge in [0.2, 0.25) is 0 Å². The van der Waals surface area contributed by atoms with Crippen molar-refractivity contribution in [3.8, 4) is 11.1 Å². The second-order valence-corrected chi connectivity index (χ2v) is 6.57. The Morgan fingerprint density at radius 3 is 2.29 bits per heavy atom. The summed E-state index contributed by atoms with van der Waals surface area (Å²) < 4.78 is 118. The van der Waals surface area contributed by atoms with E-state index in [2.05, 4.69) is 10.1 Å². The number of rotatable bonds is 4. The molecule has 168 valence electrons. The van der Waals surface area contributed by atoms with Gasteiger partial charge in [-0.15, -0.1) is 0 Å². The number of pyridine rings is 1. The van der Waals surface area contributed by atoms with Crippen molar-refractivity contribution in [1.82, 2.24) is 19.2 Å². The molecule has 0 saturated heterocycles. The van der Waals surface area contributed by atoms with E-state index >= 15 is 0 Å². The Balaban J connectivity index is 2.18. The molecule has 0 aliphatic carbocycles. The van der Waals surface area contributed by atoms with E-state index in [1.807, 2.05) is 0 Å². The summed E-state index contributed by atoms with van der Waals surface area (Å²) in [5.41, 5.74) is -5.36. The Morgan fingerprint density at radius 2 is 1.74 bits per heavy atom. The summed E-state index contributed by atoms with van der Waals surface area (Å²) in [6.07, 6.45) is -10.7. The molecule has 5 nitrogen and oxygen atoms in total. The quantitative estimate of drug-likeness (QED) is 0.528. The number of hydrogen-bond donors (Lipinski definition) is 0. The molecule has 3 rings (SSSR count). The number of nitrogens with zero attached hydrogens (tertiary/aromatic N) is 4. The SMILES string of the molecule is CC(F)c1ccn2c(=O)c(-c3cnn(CC(F)(F)C(F)(F)F)c3)c(C(F)(F)F)nc2c1. The fourth-order valence-electron chi connectivity index (χ4n) is 2.74. The van der Waals surface area contributed by atoms with Crippen LogP contribution in [0, 0.1) is 0 Å². The van der Waals surface area contributed by atoms with Gasteiger partial charge < -0.3 is 0 Å². The molecule has 3 aromatic heterocycles. The van der Waals surface area contributed by atoms with Gasteiger partial charge in [-0.25, -0.2) is 9.37 Å². The first kappa shape index (κ1) is 22.6. The van der Waals surface area contributed by atoms with E-state index in [0.29, 0.717) is 16.8 Å². The Bertz CT molecular complexity index is 1180. The molecule has 0 spiro atoms. The van der Waals surface area contributed by atoms with Crippen LogP contribution in [-0.4, -0.2) is 31.3 Å². The zero-order valence-corrected chi connectivity index (χ0v) is 15.3. The van der Waals surface area contributed by atoms with Gasteiger partial charge in [-0.1, -0.05) is 0 Å². The minimum Gasteiger partial charge on any atom is -0.268 e. The standard InChI is InChI=1S/C17H11F9N4O/c1-8(18)9-2-3-30-11(4-9)28-13(16(21,22)23)12(14(30)31)10-5-27-29(6-10)7-15(19,20)17(24,25)26/h2-6,8H,7H2,1H3. The van der Waals surface area contributed by atoms with Crippen molar-refractivity contribution in [2.45, 2.75) is 37.9 Å². The maximum absolute atomic E-state index is 13.6. The summed E-state index contributed by atoms with van der Waals surface area (Å²) >= 11 is 0. The highest BCUT2D eigenvalue weighted by atomic mass is 19.4. The first-order valence-corrected chi connectivity index (χ1v) is 8.37. The van der Waals surface area contributed by atoms with Crippen molar-refractivity contribution in [3.05, 3.63) is 52.3 Å². The average Bonchev–Trinajstić information content (AvgIpc) is 3.06. The number of hydrogen-bond acceptors (Lipinski definition) is 3. The summed E-state index contributed by atoms with van der Waals surface area (Å²) in [6, 6.07) is 2.06. The largest absolute Gasteiger partial charge is 0.455 e. The maximum atomic E-state index is 13.6. The molecule has 1 atom stereocenters. The number of aromatic nitrogens is 4. The van der Waals surface area contributed by atoms with E-state index in [1.165, 1.54) is 0 Å². The van der Waals surface area contributed by atoms with Crippen molar-refractivity contribution < 1.29 is 39.5 Å². The summed E-state index contributed by atoms with van der Waals surface area (Å²) in [4.78, 5) is 16.1. The Morgan fingerprint density at radius 1 is 1.10 bits per heavy atom. The molecule has 0 aliphatic rings. The molecule has 0 radical (unpaired) electrons. The van der Waals surface area contributed by atoms with Crippen LogP contribution in [0.2, 0.25) is 0 Å². The van der Waals surface area contributed by atoms with E-state index in [1.54, 1.807) is 0 Å². The minimum absolute atomic E-state index is 0.0463. The third kappa shape index (κ3) is 4.23.